The standard InChI is InChI=1S/C25H28N6O4S/c1-26-25(33)18-14-29-22(31-24(32)15-8-9-15)12-21(18)30-20-7-5-6-17(23(20)35-3)19-11-10-16(13-28-19)36(4,34)27-2/h5-7,10-15H,8-9H2,1-4H3,(H,26,33)(H2,29,30,31,32)/i1D3. The number of amides is 2. The molecule has 0 spiro atoms. The summed E-state index contributed by atoms with van der Waals surface area (Å²) in [5.74, 6) is -0.519. The lowest BCUT2D eigenvalue weighted by Crippen LogP contribution is -2.20. The number of hydrogen-bond acceptors (Lipinski definition) is 8. The van der Waals surface area contributed by atoms with Crippen molar-refractivity contribution in [1.82, 2.24) is 15.3 Å². The van der Waals surface area contributed by atoms with Crippen molar-refractivity contribution in [2.75, 3.05) is 38.0 Å². The van der Waals surface area contributed by atoms with Crippen LogP contribution in [0.4, 0.5) is 17.2 Å². The summed E-state index contributed by atoms with van der Waals surface area (Å²) in [5, 5.41) is 7.81. The van der Waals surface area contributed by atoms with Crippen molar-refractivity contribution in [2.24, 2.45) is 10.3 Å². The second-order valence-corrected chi connectivity index (χ2v) is 10.6. The zero-order valence-corrected chi connectivity index (χ0v) is 20.8. The molecule has 1 unspecified atom stereocenters. The number of ether oxygens (including phenoxy) is 1. The quantitative estimate of drug-likeness (QED) is 0.420. The summed E-state index contributed by atoms with van der Waals surface area (Å²) in [6.07, 6.45) is 5.84. The van der Waals surface area contributed by atoms with Crippen LogP contribution in [-0.4, -0.2) is 53.4 Å². The van der Waals surface area contributed by atoms with Crippen LogP contribution in [0.2, 0.25) is 0 Å². The van der Waals surface area contributed by atoms with E-state index in [4.69, 9.17) is 8.85 Å². The number of hydrogen-bond donors (Lipinski definition) is 3. The first-order valence-corrected chi connectivity index (χ1v) is 13.0. The molecule has 10 nitrogen and oxygen atoms in total. The molecule has 0 bridgehead atoms. The number of nitrogens with zero attached hydrogens (tertiary/aromatic N) is 3. The van der Waals surface area contributed by atoms with Crippen molar-refractivity contribution in [3.63, 3.8) is 0 Å². The van der Waals surface area contributed by atoms with Crippen LogP contribution in [0, 0.1) is 5.92 Å². The van der Waals surface area contributed by atoms with Gasteiger partial charge >= 0.3 is 0 Å². The second kappa shape index (κ2) is 10.3. The van der Waals surface area contributed by atoms with Gasteiger partial charge in [0.2, 0.25) is 5.91 Å². The van der Waals surface area contributed by atoms with Gasteiger partial charge in [-0.3, -0.25) is 14.6 Å². The van der Waals surface area contributed by atoms with Gasteiger partial charge in [0.25, 0.3) is 5.91 Å². The van der Waals surface area contributed by atoms with Crippen LogP contribution >= 0.6 is 0 Å². The Bertz CT molecular complexity index is 1530. The molecule has 11 heteroatoms. The Morgan fingerprint density at radius 1 is 1.17 bits per heavy atom. The molecule has 0 radical (unpaired) electrons. The highest BCUT2D eigenvalue weighted by atomic mass is 32.2. The third-order valence-electron chi connectivity index (χ3n) is 5.75. The van der Waals surface area contributed by atoms with Crippen LogP contribution in [0.15, 0.2) is 58.1 Å². The zero-order chi connectivity index (χ0) is 28.4. The Hall–Kier alpha value is -3.99. The first-order chi connectivity index (χ1) is 18.4. The molecule has 0 aliphatic heterocycles. The van der Waals surface area contributed by atoms with Gasteiger partial charge in [-0.1, -0.05) is 6.07 Å². The Balaban J connectivity index is 1.73. The zero-order valence-electron chi connectivity index (χ0n) is 23.0. The molecule has 1 aromatic carbocycles. The molecule has 0 saturated heterocycles. The number of methoxy groups -OCH3 is 1. The van der Waals surface area contributed by atoms with Gasteiger partial charge in [0.15, 0.2) is 5.75 Å². The largest absolute Gasteiger partial charge is 0.494 e. The molecule has 2 aromatic heterocycles. The van der Waals surface area contributed by atoms with E-state index in [0.717, 1.165) is 12.8 Å². The van der Waals surface area contributed by atoms with Gasteiger partial charge < -0.3 is 20.7 Å². The molecule has 4 rings (SSSR count). The van der Waals surface area contributed by atoms with Gasteiger partial charge in [-0.25, -0.2) is 13.6 Å². The first-order valence-electron chi connectivity index (χ1n) is 12.6. The van der Waals surface area contributed by atoms with E-state index in [2.05, 4.69) is 25.0 Å². The highest BCUT2D eigenvalue weighted by Crippen LogP contribution is 2.38. The summed E-state index contributed by atoms with van der Waals surface area (Å²) >= 11 is 0. The number of carbonyl (C=O) groups excluding carboxylic acids is 2. The molecule has 36 heavy (non-hydrogen) atoms. The maximum absolute atomic E-state index is 12.8. The highest BCUT2D eigenvalue weighted by molar-refractivity contribution is 7.93. The predicted molar refractivity (Wildman–Crippen MR) is 139 cm³/mol. The van der Waals surface area contributed by atoms with Gasteiger partial charge in [0.05, 0.1) is 44.4 Å². The average molecular weight is 512 g/mol. The summed E-state index contributed by atoms with van der Waals surface area (Å²) in [7, 11) is 0.418. The predicted octanol–water partition coefficient (Wildman–Crippen LogP) is 3.69. The van der Waals surface area contributed by atoms with Crippen molar-refractivity contribution in [3.8, 4) is 17.0 Å². The van der Waals surface area contributed by atoms with E-state index in [0.29, 0.717) is 27.6 Å². The van der Waals surface area contributed by atoms with Crippen LogP contribution in [0.1, 0.15) is 27.3 Å². The van der Waals surface area contributed by atoms with E-state index in [1.807, 2.05) is 5.32 Å². The Kier molecular flexibility index (Phi) is 6.11. The molecule has 3 N–H and O–H groups in total. The Morgan fingerprint density at radius 3 is 2.61 bits per heavy atom. The van der Waals surface area contributed by atoms with E-state index in [-0.39, 0.29) is 28.9 Å². The number of rotatable bonds is 8. The van der Waals surface area contributed by atoms with Crippen LogP contribution in [-0.2, 0) is 14.5 Å². The lowest BCUT2D eigenvalue weighted by Gasteiger charge is -2.17. The van der Waals surface area contributed by atoms with Gasteiger partial charge in [0.1, 0.15) is 5.82 Å². The Morgan fingerprint density at radius 2 is 1.97 bits per heavy atom. The SMILES string of the molecule is [2H]C([2H])([2H])NC(=O)c1cnc(NC(=O)C2CC2)cc1Nc1cccc(-c2ccc(S(C)(=O)=NC)cn2)c1OC. The third-order valence-corrected chi connectivity index (χ3v) is 7.56. The summed E-state index contributed by atoms with van der Waals surface area (Å²) in [6, 6.07) is 10.1. The number of pyridine rings is 2. The number of anilines is 3. The lowest BCUT2D eigenvalue weighted by atomic mass is 10.1. The molecule has 2 amide bonds. The molecule has 188 valence electrons. The van der Waals surface area contributed by atoms with E-state index < -0.39 is 22.6 Å². The fourth-order valence-corrected chi connectivity index (χ4v) is 4.30. The highest BCUT2D eigenvalue weighted by Gasteiger charge is 2.30. The number of para-hydroxylation sites is 1. The number of aromatic nitrogens is 2. The van der Waals surface area contributed by atoms with E-state index in [1.165, 1.54) is 38.9 Å². The number of benzene rings is 1. The van der Waals surface area contributed by atoms with Gasteiger partial charge in [-0.15, -0.1) is 0 Å². The first kappa shape index (κ1) is 21.3. The van der Waals surface area contributed by atoms with E-state index in [9.17, 15) is 13.8 Å². The monoisotopic (exact) mass is 511 g/mol. The third kappa shape index (κ3) is 5.30. The smallest absolute Gasteiger partial charge is 0.254 e. The van der Waals surface area contributed by atoms with Crippen LogP contribution < -0.4 is 20.7 Å². The van der Waals surface area contributed by atoms with Crippen LogP contribution in [0.3, 0.4) is 0 Å². The minimum absolute atomic E-state index is 0.0495. The second-order valence-electron chi connectivity index (χ2n) is 8.21. The van der Waals surface area contributed by atoms with Crippen molar-refractivity contribution < 1.29 is 22.6 Å². The molecular weight excluding hydrogens is 480 g/mol. The summed E-state index contributed by atoms with van der Waals surface area (Å²) in [5.41, 5.74) is 1.74. The fraction of sp³-hybridized carbons (Fsp3) is 0.280. The molecule has 2 heterocycles. The van der Waals surface area contributed by atoms with Crippen molar-refractivity contribution in [3.05, 3.63) is 54.4 Å². The van der Waals surface area contributed by atoms with Gasteiger partial charge in [-0.05, 0) is 37.1 Å². The molecule has 1 fully saturated rings. The summed E-state index contributed by atoms with van der Waals surface area (Å²) in [4.78, 5) is 34.1. The Labute approximate surface area is 214 Å². The summed E-state index contributed by atoms with van der Waals surface area (Å²) in [6.45, 7) is -2.71. The van der Waals surface area contributed by atoms with E-state index in [1.54, 1.807) is 30.3 Å². The molecule has 1 saturated carbocycles. The van der Waals surface area contributed by atoms with Crippen molar-refractivity contribution in [2.45, 2.75) is 17.7 Å². The number of carbonyl (C=O) groups is 2. The summed E-state index contributed by atoms with van der Waals surface area (Å²) < 4.78 is 44.4. The van der Waals surface area contributed by atoms with Crippen LogP contribution in [0.25, 0.3) is 11.3 Å². The maximum atomic E-state index is 12.8. The maximum Gasteiger partial charge on any atom is 0.254 e. The van der Waals surface area contributed by atoms with Crippen molar-refractivity contribution in [1.29, 1.82) is 0 Å². The topological polar surface area (TPSA) is 135 Å². The van der Waals surface area contributed by atoms with Gasteiger partial charge in [0, 0.05) is 54.3 Å². The molecular formula is C25H28N6O4S. The minimum atomic E-state index is -2.71. The van der Waals surface area contributed by atoms with Crippen molar-refractivity contribution >= 4 is 38.7 Å². The molecule has 1 aliphatic carbocycles. The molecule has 1 aliphatic rings. The van der Waals surface area contributed by atoms with Gasteiger partial charge in [-0.2, -0.15) is 0 Å². The molecule has 1 atom stereocenters. The minimum Gasteiger partial charge on any atom is -0.494 e. The molecule has 3 aromatic rings. The fourth-order valence-electron chi connectivity index (χ4n) is 3.52. The van der Waals surface area contributed by atoms with E-state index >= 15 is 0 Å². The number of nitrogens with one attached hydrogen (secondary N) is 3. The normalized spacial score (nSPS) is 15.9. The lowest BCUT2D eigenvalue weighted by molar-refractivity contribution is -0.117. The van der Waals surface area contributed by atoms with Crippen LogP contribution in [0.5, 0.6) is 5.75 Å². The average Bonchev–Trinajstić information content (AvgIpc) is 3.73.